The average Bonchev–Trinajstić information content (AvgIpc) is 2.95. The number of methoxy groups -OCH3 is 1. The number of ether oxygens (including phenoxy) is 1. The number of unbranched alkanes of at least 4 members (excludes halogenated alkanes) is 2. The van der Waals surface area contributed by atoms with Crippen LogP contribution in [0.4, 0.5) is 0 Å². The fraction of sp³-hybridized carbons (Fsp3) is 0.750. The summed E-state index contributed by atoms with van der Waals surface area (Å²) in [5, 5.41) is 21.1. The van der Waals surface area contributed by atoms with Crippen molar-refractivity contribution in [3.63, 3.8) is 0 Å². The normalized spacial score (nSPS) is 14.6. The second-order valence-electron chi connectivity index (χ2n) is 5.85. The van der Waals surface area contributed by atoms with Crippen molar-refractivity contribution >= 4 is 5.96 Å². The van der Waals surface area contributed by atoms with E-state index in [4.69, 9.17) is 4.74 Å². The molecule has 0 saturated heterocycles. The van der Waals surface area contributed by atoms with E-state index in [-0.39, 0.29) is 6.54 Å². The molecule has 1 atom stereocenters. The Bertz CT molecular complexity index is 471. The highest BCUT2D eigenvalue weighted by Gasteiger charge is 2.24. The molecule has 0 radical (unpaired) electrons. The SMILES string of the molecule is CCNC(=NCC(C)(O)c1cnn(C)c1)NCCCCCOC. The maximum atomic E-state index is 10.6. The third-order valence-electron chi connectivity index (χ3n) is 3.53. The molecule has 7 heteroatoms. The second-order valence-corrected chi connectivity index (χ2v) is 5.85. The van der Waals surface area contributed by atoms with Crippen molar-refractivity contribution in [1.82, 2.24) is 20.4 Å². The summed E-state index contributed by atoms with van der Waals surface area (Å²) in [6, 6.07) is 0. The van der Waals surface area contributed by atoms with Gasteiger partial charge in [-0.1, -0.05) is 0 Å². The number of nitrogens with zero attached hydrogens (tertiary/aromatic N) is 3. The molecular weight excluding hydrogens is 294 g/mol. The van der Waals surface area contributed by atoms with Crippen LogP contribution in [0, 0.1) is 0 Å². The molecule has 23 heavy (non-hydrogen) atoms. The topological polar surface area (TPSA) is 83.7 Å². The zero-order valence-electron chi connectivity index (χ0n) is 14.8. The van der Waals surface area contributed by atoms with Crippen molar-refractivity contribution in [3.05, 3.63) is 18.0 Å². The molecule has 1 rings (SSSR count). The van der Waals surface area contributed by atoms with Gasteiger partial charge in [0, 0.05) is 45.6 Å². The van der Waals surface area contributed by atoms with Crippen LogP contribution in [0.1, 0.15) is 38.7 Å². The number of aromatic nitrogens is 2. The van der Waals surface area contributed by atoms with Gasteiger partial charge in [-0.3, -0.25) is 4.68 Å². The molecule has 7 nitrogen and oxygen atoms in total. The molecule has 1 aromatic heterocycles. The molecule has 0 bridgehead atoms. The summed E-state index contributed by atoms with van der Waals surface area (Å²) < 4.78 is 6.71. The van der Waals surface area contributed by atoms with Crippen LogP contribution in [0.5, 0.6) is 0 Å². The van der Waals surface area contributed by atoms with Crippen LogP contribution < -0.4 is 10.6 Å². The quantitative estimate of drug-likeness (QED) is 0.339. The standard InChI is InChI=1S/C16H31N5O2/c1-5-17-15(18-9-7-6-8-10-23-4)19-13-16(2,22)14-11-20-21(3)12-14/h11-12,22H,5-10,13H2,1-4H3,(H2,17,18,19). The number of aliphatic hydroxyl groups is 1. The predicted molar refractivity (Wildman–Crippen MR) is 92.5 cm³/mol. The third-order valence-corrected chi connectivity index (χ3v) is 3.53. The molecular formula is C16H31N5O2. The summed E-state index contributed by atoms with van der Waals surface area (Å²) >= 11 is 0. The van der Waals surface area contributed by atoms with Crippen LogP contribution in [0.15, 0.2) is 17.4 Å². The molecule has 0 saturated carbocycles. The zero-order valence-corrected chi connectivity index (χ0v) is 14.8. The number of aliphatic imine (C=N–C) groups is 1. The monoisotopic (exact) mass is 325 g/mol. The van der Waals surface area contributed by atoms with Crippen molar-refractivity contribution in [2.75, 3.05) is 33.4 Å². The molecule has 0 aliphatic carbocycles. The van der Waals surface area contributed by atoms with E-state index in [9.17, 15) is 5.11 Å². The van der Waals surface area contributed by atoms with Gasteiger partial charge in [-0.2, -0.15) is 5.10 Å². The lowest BCUT2D eigenvalue weighted by Gasteiger charge is -2.20. The van der Waals surface area contributed by atoms with Gasteiger partial charge in [-0.25, -0.2) is 4.99 Å². The van der Waals surface area contributed by atoms with Crippen molar-refractivity contribution in [2.45, 2.75) is 38.7 Å². The Kier molecular flexibility index (Phi) is 8.65. The van der Waals surface area contributed by atoms with E-state index < -0.39 is 5.60 Å². The molecule has 1 aromatic rings. The first-order chi connectivity index (χ1) is 11.0. The maximum Gasteiger partial charge on any atom is 0.191 e. The third kappa shape index (κ3) is 7.47. The van der Waals surface area contributed by atoms with E-state index in [1.807, 2.05) is 20.2 Å². The summed E-state index contributed by atoms with van der Waals surface area (Å²) in [6.45, 7) is 6.49. The van der Waals surface area contributed by atoms with Crippen molar-refractivity contribution < 1.29 is 9.84 Å². The molecule has 0 aliphatic rings. The van der Waals surface area contributed by atoms with E-state index in [0.717, 1.165) is 50.5 Å². The van der Waals surface area contributed by atoms with Crippen molar-refractivity contribution in [2.24, 2.45) is 12.0 Å². The van der Waals surface area contributed by atoms with Gasteiger partial charge in [-0.05, 0) is 33.1 Å². The summed E-state index contributed by atoms with van der Waals surface area (Å²) in [5.41, 5.74) is -0.270. The predicted octanol–water partition coefficient (Wildman–Crippen LogP) is 0.999. The maximum absolute atomic E-state index is 10.6. The van der Waals surface area contributed by atoms with Gasteiger partial charge in [0.25, 0.3) is 0 Å². The largest absolute Gasteiger partial charge is 0.385 e. The molecule has 0 amide bonds. The molecule has 0 aliphatic heterocycles. The van der Waals surface area contributed by atoms with E-state index in [0.29, 0.717) is 0 Å². The Hall–Kier alpha value is -1.60. The minimum Gasteiger partial charge on any atom is -0.385 e. The first kappa shape index (κ1) is 19.4. The van der Waals surface area contributed by atoms with Gasteiger partial charge < -0.3 is 20.5 Å². The van der Waals surface area contributed by atoms with Gasteiger partial charge >= 0.3 is 0 Å². The summed E-state index contributed by atoms with van der Waals surface area (Å²) in [5.74, 6) is 0.725. The molecule has 3 N–H and O–H groups in total. The Morgan fingerprint density at radius 3 is 2.78 bits per heavy atom. The molecule has 0 aromatic carbocycles. The summed E-state index contributed by atoms with van der Waals surface area (Å²) in [6.07, 6.45) is 6.74. The van der Waals surface area contributed by atoms with Gasteiger partial charge in [-0.15, -0.1) is 0 Å². The fourth-order valence-corrected chi connectivity index (χ4v) is 2.12. The number of guanidine groups is 1. The minimum absolute atomic E-state index is 0.275. The molecule has 0 spiro atoms. The zero-order chi connectivity index (χ0) is 17.1. The van der Waals surface area contributed by atoms with Crippen LogP contribution in [0.2, 0.25) is 0 Å². The highest BCUT2D eigenvalue weighted by molar-refractivity contribution is 5.79. The lowest BCUT2D eigenvalue weighted by Crippen LogP contribution is -2.39. The first-order valence-corrected chi connectivity index (χ1v) is 8.22. The minimum atomic E-state index is -1.03. The lowest BCUT2D eigenvalue weighted by molar-refractivity contribution is 0.0672. The van der Waals surface area contributed by atoms with Crippen LogP contribution in [-0.4, -0.2) is 54.2 Å². The molecule has 1 heterocycles. The Morgan fingerprint density at radius 2 is 2.17 bits per heavy atom. The number of aryl methyl sites for hydroxylation is 1. The number of hydrogen-bond acceptors (Lipinski definition) is 4. The van der Waals surface area contributed by atoms with Gasteiger partial charge in [0.05, 0.1) is 12.7 Å². The van der Waals surface area contributed by atoms with Crippen molar-refractivity contribution in [1.29, 1.82) is 0 Å². The van der Waals surface area contributed by atoms with E-state index >= 15 is 0 Å². The second kappa shape index (κ2) is 10.2. The number of nitrogens with one attached hydrogen (secondary N) is 2. The summed E-state index contributed by atoms with van der Waals surface area (Å²) in [7, 11) is 3.56. The summed E-state index contributed by atoms with van der Waals surface area (Å²) in [4.78, 5) is 4.49. The Morgan fingerprint density at radius 1 is 1.39 bits per heavy atom. The van der Waals surface area contributed by atoms with E-state index in [1.165, 1.54) is 0 Å². The first-order valence-electron chi connectivity index (χ1n) is 8.22. The lowest BCUT2D eigenvalue weighted by atomic mass is 10.0. The van der Waals surface area contributed by atoms with Crippen molar-refractivity contribution in [3.8, 4) is 0 Å². The van der Waals surface area contributed by atoms with Gasteiger partial charge in [0.1, 0.15) is 5.60 Å². The number of rotatable bonds is 10. The van der Waals surface area contributed by atoms with E-state index in [1.54, 1.807) is 24.9 Å². The number of hydrogen-bond donors (Lipinski definition) is 3. The van der Waals surface area contributed by atoms with Crippen LogP contribution >= 0.6 is 0 Å². The van der Waals surface area contributed by atoms with Crippen LogP contribution in [-0.2, 0) is 17.4 Å². The van der Waals surface area contributed by atoms with Crippen LogP contribution in [0.3, 0.4) is 0 Å². The fourth-order valence-electron chi connectivity index (χ4n) is 2.12. The van der Waals surface area contributed by atoms with E-state index in [2.05, 4.69) is 20.7 Å². The Labute approximate surface area is 139 Å². The molecule has 132 valence electrons. The molecule has 0 fully saturated rings. The van der Waals surface area contributed by atoms with Crippen LogP contribution in [0.25, 0.3) is 0 Å². The highest BCUT2D eigenvalue weighted by atomic mass is 16.5. The Balaban J connectivity index is 2.47. The highest BCUT2D eigenvalue weighted by Crippen LogP contribution is 2.19. The van der Waals surface area contributed by atoms with Gasteiger partial charge in [0.15, 0.2) is 5.96 Å². The van der Waals surface area contributed by atoms with Gasteiger partial charge in [0.2, 0.25) is 0 Å². The average molecular weight is 325 g/mol. The molecule has 1 unspecified atom stereocenters. The smallest absolute Gasteiger partial charge is 0.191 e.